The van der Waals surface area contributed by atoms with Crippen LogP contribution in [0.5, 0.6) is 0 Å². The van der Waals surface area contributed by atoms with Crippen LogP contribution >= 0.6 is 0 Å². The van der Waals surface area contributed by atoms with Crippen molar-refractivity contribution in [2.24, 2.45) is 11.7 Å². The summed E-state index contributed by atoms with van der Waals surface area (Å²) in [7, 11) is 0. The van der Waals surface area contributed by atoms with Crippen LogP contribution in [-0.4, -0.2) is 18.4 Å². The van der Waals surface area contributed by atoms with Gasteiger partial charge in [-0.2, -0.15) is 13.2 Å². The van der Waals surface area contributed by atoms with E-state index in [-0.39, 0.29) is 36.7 Å². The van der Waals surface area contributed by atoms with Crippen molar-refractivity contribution in [3.63, 3.8) is 0 Å². The summed E-state index contributed by atoms with van der Waals surface area (Å²) in [6.45, 7) is 0.115. The molecule has 0 bridgehead atoms. The highest BCUT2D eigenvalue weighted by molar-refractivity contribution is 5.97. The number of hydrogen-bond donors (Lipinski definition) is 3. The van der Waals surface area contributed by atoms with E-state index in [9.17, 15) is 22.8 Å². The number of alkyl halides is 3. The van der Waals surface area contributed by atoms with E-state index >= 15 is 0 Å². The zero-order chi connectivity index (χ0) is 15.6. The third kappa shape index (κ3) is 3.72. The van der Waals surface area contributed by atoms with Crippen LogP contribution in [0.3, 0.4) is 0 Å². The maximum absolute atomic E-state index is 12.8. The van der Waals surface area contributed by atoms with E-state index in [1.165, 1.54) is 6.07 Å². The monoisotopic (exact) mass is 301 g/mol. The summed E-state index contributed by atoms with van der Waals surface area (Å²) < 4.78 is 38.3. The average Bonchev–Trinajstić information content (AvgIpc) is 2.84. The molecular formula is C13H14F3N3O2. The molecule has 0 radical (unpaired) electrons. The SMILES string of the molecule is NCc1cc(NC(=O)C2CNC(=O)C2)cc(C(F)(F)F)c1. The van der Waals surface area contributed by atoms with Crippen LogP contribution in [-0.2, 0) is 22.3 Å². The van der Waals surface area contributed by atoms with Crippen LogP contribution in [0.4, 0.5) is 18.9 Å². The predicted octanol–water partition coefficient (Wildman–Crippen LogP) is 1.24. The van der Waals surface area contributed by atoms with Crippen molar-refractivity contribution in [1.29, 1.82) is 0 Å². The van der Waals surface area contributed by atoms with Crippen molar-refractivity contribution < 1.29 is 22.8 Å². The molecule has 1 aromatic carbocycles. The number of anilines is 1. The lowest BCUT2D eigenvalue weighted by Gasteiger charge is -2.14. The lowest BCUT2D eigenvalue weighted by Crippen LogP contribution is -2.25. The minimum absolute atomic E-state index is 0.0228. The van der Waals surface area contributed by atoms with Crippen LogP contribution in [0, 0.1) is 5.92 Å². The predicted molar refractivity (Wildman–Crippen MR) is 69.1 cm³/mol. The number of amides is 2. The Morgan fingerprint density at radius 2 is 2.10 bits per heavy atom. The lowest BCUT2D eigenvalue weighted by molar-refractivity contribution is -0.137. The molecule has 0 saturated carbocycles. The van der Waals surface area contributed by atoms with Gasteiger partial charge in [0.05, 0.1) is 11.5 Å². The first-order valence-electron chi connectivity index (χ1n) is 6.28. The van der Waals surface area contributed by atoms with Gasteiger partial charge in [-0.25, -0.2) is 0 Å². The van der Waals surface area contributed by atoms with Crippen LogP contribution < -0.4 is 16.4 Å². The summed E-state index contributed by atoms with van der Waals surface area (Å²) >= 11 is 0. The summed E-state index contributed by atoms with van der Waals surface area (Å²) in [5, 5.41) is 4.90. The van der Waals surface area contributed by atoms with Gasteiger partial charge >= 0.3 is 6.18 Å². The van der Waals surface area contributed by atoms with Gasteiger partial charge in [-0.1, -0.05) is 0 Å². The van der Waals surface area contributed by atoms with Gasteiger partial charge in [0.15, 0.2) is 0 Å². The highest BCUT2D eigenvalue weighted by atomic mass is 19.4. The molecular weight excluding hydrogens is 287 g/mol. The molecule has 1 aliphatic heterocycles. The van der Waals surface area contributed by atoms with Crippen molar-refractivity contribution in [1.82, 2.24) is 5.32 Å². The van der Waals surface area contributed by atoms with Gasteiger partial charge in [0.2, 0.25) is 11.8 Å². The first-order chi connectivity index (χ1) is 9.79. The van der Waals surface area contributed by atoms with Crippen molar-refractivity contribution in [2.75, 3.05) is 11.9 Å². The molecule has 114 valence electrons. The molecule has 1 aromatic rings. The third-order valence-corrected chi connectivity index (χ3v) is 3.17. The van der Waals surface area contributed by atoms with E-state index in [0.29, 0.717) is 0 Å². The molecule has 1 fully saturated rings. The molecule has 2 rings (SSSR count). The maximum atomic E-state index is 12.8. The van der Waals surface area contributed by atoms with E-state index in [2.05, 4.69) is 10.6 Å². The molecule has 1 unspecified atom stereocenters. The second-order valence-corrected chi connectivity index (χ2v) is 4.81. The van der Waals surface area contributed by atoms with E-state index in [4.69, 9.17) is 5.73 Å². The molecule has 0 spiro atoms. The summed E-state index contributed by atoms with van der Waals surface area (Å²) in [5.41, 5.74) is 4.78. The van der Waals surface area contributed by atoms with E-state index < -0.39 is 23.6 Å². The van der Waals surface area contributed by atoms with E-state index in [0.717, 1.165) is 12.1 Å². The van der Waals surface area contributed by atoms with Gasteiger partial charge in [-0.3, -0.25) is 9.59 Å². The topological polar surface area (TPSA) is 84.2 Å². The van der Waals surface area contributed by atoms with Crippen molar-refractivity contribution in [3.05, 3.63) is 29.3 Å². The molecule has 2 amide bonds. The second-order valence-electron chi connectivity index (χ2n) is 4.81. The smallest absolute Gasteiger partial charge is 0.355 e. The normalized spacial score (nSPS) is 18.5. The quantitative estimate of drug-likeness (QED) is 0.785. The first kappa shape index (κ1) is 15.3. The summed E-state index contributed by atoms with van der Waals surface area (Å²) in [5.74, 6) is -1.31. The van der Waals surface area contributed by atoms with Crippen molar-refractivity contribution in [3.8, 4) is 0 Å². The number of hydrogen-bond acceptors (Lipinski definition) is 3. The van der Waals surface area contributed by atoms with Crippen LogP contribution in [0.15, 0.2) is 18.2 Å². The Morgan fingerprint density at radius 3 is 2.62 bits per heavy atom. The molecule has 4 N–H and O–H groups in total. The summed E-state index contributed by atoms with van der Waals surface area (Å²) in [6, 6.07) is 3.18. The third-order valence-electron chi connectivity index (χ3n) is 3.17. The van der Waals surface area contributed by atoms with Crippen LogP contribution in [0.25, 0.3) is 0 Å². The summed E-state index contributed by atoms with van der Waals surface area (Å²) in [4.78, 5) is 22.9. The fourth-order valence-electron chi connectivity index (χ4n) is 2.08. The Hall–Kier alpha value is -2.09. The van der Waals surface area contributed by atoms with Gasteiger partial charge in [-0.15, -0.1) is 0 Å². The second kappa shape index (κ2) is 5.72. The average molecular weight is 301 g/mol. The molecule has 5 nitrogen and oxygen atoms in total. The van der Waals surface area contributed by atoms with Crippen molar-refractivity contribution in [2.45, 2.75) is 19.1 Å². The largest absolute Gasteiger partial charge is 0.416 e. The van der Waals surface area contributed by atoms with Gasteiger partial charge in [0.25, 0.3) is 0 Å². The lowest BCUT2D eigenvalue weighted by atomic mass is 10.1. The zero-order valence-electron chi connectivity index (χ0n) is 11.0. The van der Waals surface area contributed by atoms with E-state index in [1.54, 1.807) is 0 Å². The number of nitrogens with two attached hydrogens (primary N) is 1. The fraction of sp³-hybridized carbons (Fsp3) is 0.385. The Labute approximate surface area is 118 Å². The number of nitrogens with one attached hydrogen (secondary N) is 2. The number of rotatable bonds is 3. The summed E-state index contributed by atoms with van der Waals surface area (Å²) in [6.07, 6.45) is -4.48. The molecule has 1 saturated heterocycles. The molecule has 1 aliphatic rings. The minimum atomic E-state index is -4.52. The van der Waals surface area contributed by atoms with Crippen LogP contribution in [0.2, 0.25) is 0 Å². The number of benzene rings is 1. The molecule has 0 aromatic heterocycles. The van der Waals surface area contributed by atoms with Gasteiger partial charge < -0.3 is 16.4 Å². The van der Waals surface area contributed by atoms with Gasteiger partial charge in [0.1, 0.15) is 0 Å². The number of halogens is 3. The molecule has 1 heterocycles. The molecule has 0 aliphatic carbocycles. The highest BCUT2D eigenvalue weighted by Gasteiger charge is 2.32. The standard InChI is InChI=1S/C13H14F3N3O2/c14-13(15,16)9-1-7(5-17)2-10(4-9)19-12(21)8-3-11(20)18-6-8/h1-2,4,8H,3,5-6,17H2,(H,18,20)(H,19,21). The van der Waals surface area contributed by atoms with Crippen LogP contribution in [0.1, 0.15) is 17.5 Å². The Kier molecular flexibility index (Phi) is 4.17. The first-order valence-corrected chi connectivity index (χ1v) is 6.28. The Morgan fingerprint density at radius 1 is 1.38 bits per heavy atom. The zero-order valence-corrected chi connectivity index (χ0v) is 11.0. The Bertz CT molecular complexity index is 572. The molecule has 1 atom stereocenters. The van der Waals surface area contributed by atoms with Gasteiger partial charge in [0, 0.05) is 25.2 Å². The Balaban J connectivity index is 2.19. The fourth-order valence-corrected chi connectivity index (χ4v) is 2.08. The van der Waals surface area contributed by atoms with Crippen molar-refractivity contribution >= 4 is 17.5 Å². The number of carbonyl (C=O) groups excluding carboxylic acids is 2. The number of carbonyl (C=O) groups is 2. The highest BCUT2D eigenvalue weighted by Crippen LogP contribution is 2.32. The molecule has 21 heavy (non-hydrogen) atoms. The van der Waals surface area contributed by atoms with Gasteiger partial charge in [-0.05, 0) is 23.8 Å². The maximum Gasteiger partial charge on any atom is 0.416 e. The van der Waals surface area contributed by atoms with E-state index in [1.807, 2.05) is 0 Å². The minimum Gasteiger partial charge on any atom is -0.355 e. The molecule has 8 heteroatoms.